The van der Waals surface area contributed by atoms with Crippen LogP contribution in [0.2, 0.25) is 0 Å². The molecule has 0 aromatic rings. The molecular formula is C13H26O5. The number of hydrogen-bond donors (Lipinski definition) is 1. The van der Waals surface area contributed by atoms with Gasteiger partial charge in [-0.1, -0.05) is 6.92 Å². The first-order chi connectivity index (χ1) is 8.08. The van der Waals surface area contributed by atoms with Gasteiger partial charge >= 0.3 is 11.9 Å². The number of methoxy groups -OCH3 is 2. The number of carbonyl (C=O) groups excluding carboxylic acids is 2. The van der Waals surface area contributed by atoms with Crippen molar-refractivity contribution in [1.29, 1.82) is 0 Å². The highest BCUT2D eigenvalue weighted by Gasteiger charge is 2.27. The number of ether oxygens (including phenoxy) is 2. The van der Waals surface area contributed by atoms with Gasteiger partial charge in [-0.15, -0.1) is 0 Å². The van der Waals surface area contributed by atoms with Gasteiger partial charge in [0.15, 0.2) is 0 Å². The van der Waals surface area contributed by atoms with Crippen molar-refractivity contribution in [3.8, 4) is 0 Å². The van der Waals surface area contributed by atoms with Crippen LogP contribution in [0, 0.1) is 10.8 Å². The Bertz CT molecular complexity index is 241. The standard InChI is InChI=1S/C7H14O2.C6H12O3/c1-5-7(2,3)6(8)9-4;1-6(2,4-7)5(8)9-3/h5H2,1-4H3;7H,4H2,1-3H3. The summed E-state index contributed by atoms with van der Waals surface area (Å²) in [5, 5.41) is 8.59. The van der Waals surface area contributed by atoms with E-state index in [0.29, 0.717) is 0 Å². The Morgan fingerprint density at radius 1 is 0.944 bits per heavy atom. The fourth-order valence-electron chi connectivity index (χ4n) is 0.761. The first-order valence-corrected chi connectivity index (χ1v) is 5.86. The molecule has 5 nitrogen and oxygen atoms in total. The molecule has 0 saturated carbocycles. The maximum atomic E-state index is 10.8. The van der Waals surface area contributed by atoms with Gasteiger partial charge in [0, 0.05) is 0 Å². The Labute approximate surface area is 109 Å². The molecule has 0 atom stereocenters. The zero-order chi connectivity index (χ0) is 15.0. The van der Waals surface area contributed by atoms with Gasteiger partial charge in [0.1, 0.15) is 0 Å². The summed E-state index contributed by atoms with van der Waals surface area (Å²) in [7, 11) is 2.72. The summed E-state index contributed by atoms with van der Waals surface area (Å²) in [5.41, 5.74) is -1.07. The summed E-state index contributed by atoms with van der Waals surface area (Å²) in [6, 6.07) is 0. The molecule has 108 valence electrons. The third-order valence-electron chi connectivity index (χ3n) is 2.76. The zero-order valence-corrected chi connectivity index (χ0v) is 12.5. The van der Waals surface area contributed by atoms with Crippen molar-refractivity contribution in [2.45, 2.75) is 41.0 Å². The largest absolute Gasteiger partial charge is 0.469 e. The van der Waals surface area contributed by atoms with Gasteiger partial charge in [-0.25, -0.2) is 0 Å². The van der Waals surface area contributed by atoms with Crippen molar-refractivity contribution in [3.05, 3.63) is 0 Å². The second-order valence-corrected chi connectivity index (χ2v) is 5.26. The molecule has 0 heterocycles. The highest BCUT2D eigenvalue weighted by molar-refractivity contribution is 5.76. The van der Waals surface area contributed by atoms with Crippen LogP contribution in [-0.4, -0.2) is 37.9 Å². The second-order valence-electron chi connectivity index (χ2n) is 5.26. The summed E-state index contributed by atoms with van der Waals surface area (Å²) >= 11 is 0. The minimum absolute atomic E-state index is 0.134. The predicted molar refractivity (Wildman–Crippen MR) is 69.0 cm³/mol. The number of aliphatic hydroxyl groups excluding tert-OH is 1. The van der Waals surface area contributed by atoms with Gasteiger partial charge in [0.05, 0.1) is 31.7 Å². The number of carbonyl (C=O) groups is 2. The topological polar surface area (TPSA) is 72.8 Å². The van der Waals surface area contributed by atoms with Crippen LogP contribution in [0.5, 0.6) is 0 Å². The summed E-state index contributed by atoms with van der Waals surface area (Å²) in [6.45, 7) is 8.78. The van der Waals surface area contributed by atoms with Crippen molar-refractivity contribution in [2.75, 3.05) is 20.8 Å². The number of esters is 2. The van der Waals surface area contributed by atoms with Gasteiger partial charge in [-0.05, 0) is 34.1 Å². The van der Waals surface area contributed by atoms with Crippen LogP contribution >= 0.6 is 0 Å². The molecule has 0 aromatic carbocycles. The molecule has 0 saturated heterocycles. The highest BCUT2D eigenvalue weighted by atomic mass is 16.5. The smallest absolute Gasteiger partial charge is 0.313 e. The molecule has 0 spiro atoms. The first-order valence-electron chi connectivity index (χ1n) is 5.86. The average molecular weight is 262 g/mol. The van der Waals surface area contributed by atoms with E-state index in [1.165, 1.54) is 14.2 Å². The second kappa shape index (κ2) is 8.08. The van der Waals surface area contributed by atoms with E-state index in [0.717, 1.165) is 6.42 Å². The first kappa shape index (κ1) is 19.2. The van der Waals surface area contributed by atoms with Crippen LogP contribution in [-0.2, 0) is 19.1 Å². The molecule has 0 amide bonds. The lowest BCUT2D eigenvalue weighted by Gasteiger charge is -2.17. The van der Waals surface area contributed by atoms with E-state index in [-0.39, 0.29) is 24.0 Å². The van der Waals surface area contributed by atoms with E-state index in [4.69, 9.17) is 5.11 Å². The van der Waals surface area contributed by atoms with E-state index >= 15 is 0 Å². The molecule has 0 radical (unpaired) electrons. The predicted octanol–water partition coefficient (Wildman–Crippen LogP) is 1.77. The monoisotopic (exact) mass is 262 g/mol. The van der Waals surface area contributed by atoms with E-state index in [9.17, 15) is 9.59 Å². The van der Waals surface area contributed by atoms with Crippen LogP contribution in [0.1, 0.15) is 41.0 Å². The molecular weight excluding hydrogens is 236 g/mol. The van der Waals surface area contributed by atoms with Crippen molar-refractivity contribution in [3.63, 3.8) is 0 Å². The number of hydrogen-bond acceptors (Lipinski definition) is 5. The van der Waals surface area contributed by atoms with Crippen molar-refractivity contribution in [1.82, 2.24) is 0 Å². The summed E-state index contributed by atoms with van der Waals surface area (Å²) in [4.78, 5) is 21.5. The van der Waals surface area contributed by atoms with Crippen molar-refractivity contribution >= 4 is 11.9 Å². The molecule has 0 bridgehead atoms. The summed E-state index contributed by atoms with van der Waals surface area (Å²) in [6.07, 6.45) is 0.819. The Balaban J connectivity index is 0. The Morgan fingerprint density at radius 2 is 1.28 bits per heavy atom. The van der Waals surface area contributed by atoms with E-state index in [2.05, 4.69) is 9.47 Å². The van der Waals surface area contributed by atoms with E-state index < -0.39 is 5.41 Å². The molecule has 0 aromatic heterocycles. The van der Waals surface area contributed by atoms with Gasteiger partial charge in [0.25, 0.3) is 0 Å². The van der Waals surface area contributed by atoms with Gasteiger partial charge in [-0.2, -0.15) is 0 Å². The third-order valence-corrected chi connectivity index (χ3v) is 2.76. The molecule has 0 fully saturated rings. The van der Waals surface area contributed by atoms with Crippen LogP contribution in [0.15, 0.2) is 0 Å². The van der Waals surface area contributed by atoms with Gasteiger partial charge < -0.3 is 14.6 Å². The van der Waals surface area contributed by atoms with Gasteiger partial charge in [-0.3, -0.25) is 9.59 Å². The minimum atomic E-state index is -0.755. The van der Waals surface area contributed by atoms with Crippen LogP contribution in [0.3, 0.4) is 0 Å². The van der Waals surface area contributed by atoms with Crippen LogP contribution in [0.4, 0.5) is 0 Å². The average Bonchev–Trinajstić information content (AvgIpc) is 2.37. The Kier molecular flexibility index (Phi) is 8.64. The fourth-order valence-corrected chi connectivity index (χ4v) is 0.761. The fraction of sp³-hybridized carbons (Fsp3) is 0.846. The molecule has 0 rings (SSSR count). The lowest BCUT2D eigenvalue weighted by atomic mass is 9.91. The third kappa shape index (κ3) is 6.59. The minimum Gasteiger partial charge on any atom is -0.469 e. The van der Waals surface area contributed by atoms with Crippen LogP contribution < -0.4 is 0 Å². The molecule has 18 heavy (non-hydrogen) atoms. The molecule has 0 aliphatic heterocycles. The maximum absolute atomic E-state index is 10.8. The Morgan fingerprint density at radius 3 is 1.39 bits per heavy atom. The summed E-state index contributed by atoms with van der Waals surface area (Å²) < 4.78 is 8.97. The number of rotatable bonds is 4. The van der Waals surface area contributed by atoms with Crippen LogP contribution in [0.25, 0.3) is 0 Å². The summed E-state index contributed by atoms with van der Waals surface area (Å²) in [5.74, 6) is -0.519. The number of aliphatic hydroxyl groups is 1. The van der Waals surface area contributed by atoms with E-state index in [1.807, 2.05) is 20.8 Å². The van der Waals surface area contributed by atoms with Crippen molar-refractivity contribution < 1.29 is 24.2 Å². The molecule has 0 aliphatic rings. The Hall–Kier alpha value is -1.10. The zero-order valence-electron chi connectivity index (χ0n) is 12.5. The molecule has 5 heteroatoms. The molecule has 0 aliphatic carbocycles. The molecule has 0 unspecified atom stereocenters. The highest BCUT2D eigenvalue weighted by Crippen LogP contribution is 2.20. The van der Waals surface area contributed by atoms with Crippen molar-refractivity contribution in [2.24, 2.45) is 10.8 Å². The lowest BCUT2D eigenvalue weighted by Crippen LogP contribution is -2.29. The SMILES string of the molecule is CCC(C)(C)C(=O)OC.COC(=O)C(C)(C)CO. The lowest BCUT2D eigenvalue weighted by molar-refractivity contribution is -0.153. The van der Waals surface area contributed by atoms with Gasteiger partial charge in [0.2, 0.25) is 0 Å². The molecule has 1 N–H and O–H groups in total. The van der Waals surface area contributed by atoms with E-state index in [1.54, 1.807) is 13.8 Å². The maximum Gasteiger partial charge on any atom is 0.313 e. The normalized spacial score (nSPS) is 11.1. The quantitative estimate of drug-likeness (QED) is 0.782.